The number of aliphatic carboxylic acids is 1. The number of carboxylic acids is 1. The van der Waals surface area contributed by atoms with E-state index in [2.05, 4.69) is 6.92 Å². The van der Waals surface area contributed by atoms with Crippen LogP contribution in [-0.2, 0) is 9.53 Å². The zero-order valence-corrected chi connectivity index (χ0v) is 13.3. The molecular formula is C16H32O5. The summed E-state index contributed by atoms with van der Waals surface area (Å²) >= 11 is 0. The Bertz CT molecular complexity index is 245. The Kier molecular flexibility index (Phi) is 13.9. The monoisotopic (exact) mass is 304 g/mol. The molecule has 2 atom stereocenters. The lowest BCUT2D eigenvalue weighted by molar-refractivity contribution is -0.137. The molecule has 5 heteroatoms. The minimum absolute atomic E-state index is 0.132. The Balaban J connectivity index is 3.61. The van der Waals surface area contributed by atoms with Crippen molar-refractivity contribution < 1.29 is 24.9 Å². The highest BCUT2D eigenvalue weighted by atomic mass is 16.5. The van der Waals surface area contributed by atoms with E-state index in [1.165, 1.54) is 25.7 Å². The van der Waals surface area contributed by atoms with Gasteiger partial charge in [-0.25, -0.2) is 0 Å². The van der Waals surface area contributed by atoms with E-state index in [1.54, 1.807) is 0 Å². The fourth-order valence-electron chi connectivity index (χ4n) is 2.22. The van der Waals surface area contributed by atoms with Crippen LogP contribution in [0.1, 0.15) is 71.1 Å². The SMILES string of the molecule is CCCCCCCC[C@H](O)[C@H](CO)OCCCCC(=O)O. The van der Waals surface area contributed by atoms with Gasteiger partial charge in [-0.1, -0.05) is 45.4 Å². The first-order chi connectivity index (χ1) is 10.1. The number of carbonyl (C=O) groups is 1. The Morgan fingerprint density at radius 1 is 1.05 bits per heavy atom. The van der Waals surface area contributed by atoms with Crippen LogP contribution in [-0.4, -0.2) is 46.7 Å². The van der Waals surface area contributed by atoms with Crippen molar-refractivity contribution in [1.29, 1.82) is 0 Å². The highest BCUT2D eigenvalue weighted by Crippen LogP contribution is 2.12. The summed E-state index contributed by atoms with van der Waals surface area (Å²) in [6.07, 6.45) is 7.76. The van der Waals surface area contributed by atoms with Gasteiger partial charge >= 0.3 is 5.97 Å². The number of hydrogen-bond acceptors (Lipinski definition) is 4. The first-order valence-electron chi connectivity index (χ1n) is 8.24. The zero-order valence-electron chi connectivity index (χ0n) is 13.3. The second kappa shape index (κ2) is 14.3. The number of unbranched alkanes of at least 4 members (excludes halogenated alkanes) is 6. The van der Waals surface area contributed by atoms with Crippen molar-refractivity contribution in [1.82, 2.24) is 0 Å². The zero-order chi connectivity index (χ0) is 15.9. The van der Waals surface area contributed by atoms with Gasteiger partial charge in [-0.15, -0.1) is 0 Å². The molecule has 0 aliphatic carbocycles. The van der Waals surface area contributed by atoms with Gasteiger partial charge in [0.05, 0.1) is 12.7 Å². The number of rotatable bonds is 15. The molecule has 5 nitrogen and oxygen atoms in total. The highest BCUT2D eigenvalue weighted by Gasteiger charge is 2.18. The minimum Gasteiger partial charge on any atom is -0.481 e. The van der Waals surface area contributed by atoms with Gasteiger partial charge in [0.25, 0.3) is 0 Å². The maximum Gasteiger partial charge on any atom is 0.303 e. The largest absolute Gasteiger partial charge is 0.481 e. The molecule has 0 aromatic rings. The van der Waals surface area contributed by atoms with Crippen LogP contribution in [0.15, 0.2) is 0 Å². The van der Waals surface area contributed by atoms with Crippen LogP contribution in [0.4, 0.5) is 0 Å². The topological polar surface area (TPSA) is 87.0 Å². The Morgan fingerprint density at radius 2 is 1.71 bits per heavy atom. The molecule has 0 unspecified atom stereocenters. The lowest BCUT2D eigenvalue weighted by atomic mass is 10.0. The van der Waals surface area contributed by atoms with Crippen molar-refractivity contribution in [3.8, 4) is 0 Å². The van der Waals surface area contributed by atoms with Gasteiger partial charge in [0, 0.05) is 13.0 Å². The van der Waals surface area contributed by atoms with Crippen LogP contribution in [0, 0.1) is 0 Å². The summed E-state index contributed by atoms with van der Waals surface area (Å²) < 4.78 is 5.44. The average molecular weight is 304 g/mol. The van der Waals surface area contributed by atoms with E-state index in [0.717, 1.165) is 12.8 Å². The molecule has 0 heterocycles. The fraction of sp³-hybridized carbons (Fsp3) is 0.938. The van der Waals surface area contributed by atoms with Crippen molar-refractivity contribution in [3.63, 3.8) is 0 Å². The van der Waals surface area contributed by atoms with Crippen LogP contribution in [0.5, 0.6) is 0 Å². The van der Waals surface area contributed by atoms with Gasteiger partial charge in [-0.3, -0.25) is 4.79 Å². The first-order valence-corrected chi connectivity index (χ1v) is 8.24. The Labute approximate surface area is 128 Å². The summed E-state index contributed by atoms with van der Waals surface area (Å²) in [5.74, 6) is -0.809. The van der Waals surface area contributed by atoms with E-state index in [1.807, 2.05) is 0 Å². The number of aliphatic hydroxyl groups is 2. The molecule has 0 bridgehead atoms. The van der Waals surface area contributed by atoms with E-state index in [4.69, 9.17) is 9.84 Å². The molecule has 0 aromatic carbocycles. The van der Waals surface area contributed by atoms with Crippen LogP contribution in [0.2, 0.25) is 0 Å². The molecule has 21 heavy (non-hydrogen) atoms. The number of aliphatic hydroxyl groups excluding tert-OH is 2. The second-order valence-electron chi connectivity index (χ2n) is 5.57. The Hall–Kier alpha value is -0.650. The molecule has 0 aromatic heterocycles. The summed E-state index contributed by atoms with van der Waals surface area (Å²) in [6.45, 7) is 2.37. The van der Waals surface area contributed by atoms with Crippen LogP contribution in [0.25, 0.3) is 0 Å². The number of ether oxygens (including phenoxy) is 1. The maximum absolute atomic E-state index is 10.4. The summed E-state index contributed by atoms with van der Waals surface area (Å²) in [5.41, 5.74) is 0. The highest BCUT2D eigenvalue weighted by molar-refractivity contribution is 5.66. The van der Waals surface area contributed by atoms with Crippen LogP contribution < -0.4 is 0 Å². The van der Waals surface area contributed by atoms with Crippen LogP contribution >= 0.6 is 0 Å². The molecule has 0 saturated carbocycles. The lowest BCUT2D eigenvalue weighted by Crippen LogP contribution is -2.32. The van der Waals surface area contributed by atoms with E-state index < -0.39 is 18.2 Å². The smallest absolute Gasteiger partial charge is 0.303 e. The maximum atomic E-state index is 10.4. The van der Waals surface area contributed by atoms with Crippen molar-refractivity contribution in [3.05, 3.63) is 0 Å². The standard InChI is InChI=1S/C16H32O5/c1-2-3-4-5-6-7-10-14(18)15(13-17)21-12-9-8-11-16(19)20/h14-15,17-18H,2-13H2,1H3,(H,19,20)/t14-,15-/m0/s1. The molecule has 3 N–H and O–H groups in total. The van der Waals surface area contributed by atoms with Crippen molar-refractivity contribution in [2.75, 3.05) is 13.2 Å². The lowest BCUT2D eigenvalue weighted by Gasteiger charge is -2.21. The molecule has 0 fully saturated rings. The molecule has 0 rings (SSSR count). The summed E-state index contributed by atoms with van der Waals surface area (Å²) in [6, 6.07) is 0. The summed E-state index contributed by atoms with van der Waals surface area (Å²) in [5, 5.41) is 27.7. The molecular weight excluding hydrogens is 272 g/mol. The minimum atomic E-state index is -0.809. The predicted octanol–water partition coefficient (Wildman–Crippen LogP) is 2.73. The third kappa shape index (κ3) is 12.8. The molecule has 0 aliphatic heterocycles. The third-order valence-corrected chi connectivity index (χ3v) is 3.58. The van der Waals surface area contributed by atoms with Crippen molar-refractivity contribution >= 4 is 5.97 Å². The molecule has 126 valence electrons. The average Bonchev–Trinajstić information content (AvgIpc) is 2.46. The summed E-state index contributed by atoms with van der Waals surface area (Å²) in [4.78, 5) is 10.4. The van der Waals surface area contributed by atoms with Crippen LogP contribution in [0.3, 0.4) is 0 Å². The second-order valence-corrected chi connectivity index (χ2v) is 5.57. The first kappa shape index (κ1) is 20.3. The fourth-order valence-corrected chi connectivity index (χ4v) is 2.22. The van der Waals surface area contributed by atoms with Gasteiger partial charge in [-0.2, -0.15) is 0 Å². The molecule has 0 radical (unpaired) electrons. The molecule has 0 amide bonds. The van der Waals surface area contributed by atoms with E-state index in [9.17, 15) is 15.0 Å². The summed E-state index contributed by atoms with van der Waals surface area (Å²) in [7, 11) is 0. The van der Waals surface area contributed by atoms with Gasteiger partial charge in [0.15, 0.2) is 0 Å². The number of hydrogen-bond donors (Lipinski definition) is 3. The third-order valence-electron chi connectivity index (χ3n) is 3.58. The quantitative estimate of drug-likeness (QED) is 0.405. The normalized spacial score (nSPS) is 14.0. The van der Waals surface area contributed by atoms with Gasteiger partial charge < -0.3 is 20.1 Å². The van der Waals surface area contributed by atoms with E-state index >= 15 is 0 Å². The van der Waals surface area contributed by atoms with Crippen molar-refractivity contribution in [2.24, 2.45) is 0 Å². The van der Waals surface area contributed by atoms with E-state index in [-0.39, 0.29) is 13.0 Å². The van der Waals surface area contributed by atoms with Crippen molar-refractivity contribution in [2.45, 2.75) is 83.3 Å². The Morgan fingerprint density at radius 3 is 2.33 bits per heavy atom. The van der Waals surface area contributed by atoms with E-state index in [0.29, 0.717) is 25.9 Å². The number of carboxylic acid groups (broad SMARTS) is 1. The molecule has 0 aliphatic rings. The predicted molar refractivity (Wildman–Crippen MR) is 82.3 cm³/mol. The van der Waals surface area contributed by atoms with Gasteiger partial charge in [0.2, 0.25) is 0 Å². The molecule has 0 saturated heterocycles. The van der Waals surface area contributed by atoms with Gasteiger partial charge in [0.1, 0.15) is 6.10 Å². The van der Waals surface area contributed by atoms with Gasteiger partial charge in [-0.05, 0) is 19.3 Å². The molecule has 0 spiro atoms.